The van der Waals surface area contributed by atoms with Crippen molar-refractivity contribution in [1.29, 1.82) is 0 Å². The van der Waals surface area contributed by atoms with E-state index < -0.39 is 54.3 Å². The van der Waals surface area contributed by atoms with E-state index in [0.717, 1.165) is 31.2 Å². The predicted octanol–water partition coefficient (Wildman–Crippen LogP) is 4.25. The Labute approximate surface area is 128 Å². The van der Waals surface area contributed by atoms with Gasteiger partial charge in [-0.15, -0.1) is 0 Å². The van der Waals surface area contributed by atoms with E-state index in [0.29, 0.717) is 0 Å². The Hall–Kier alpha value is -2.22. The van der Waals surface area contributed by atoms with E-state index in [2.05, 4.69) is 6.58 Å². The van der Waals surface area contributed by atoms with Gasteiger partial charge in [0.1, 0.15) is 10.7 Å². The van der Waals surface area contributed by atoms with E-state index in [9.17, 15) is 30.4 Å². The van der Waals surface area contributed by atoms with E-state index in [-0.39, 0.29) is 5.57 Å². The summed E-state index contributed by atoms with van der Waals surface area (Å²) in [6.07, 6.45) is 0. The molecular weight excluding hydrogens is 339 g/mol. The van der Waals surface area contributed by atoms with E-state index in [4.69, 9.17) is 0 Å². The minimum atomic E-state index is -4.93. The van der Waals surface area contributed by atoms with E-state index >= 15 is 0 Å². The van der Waals surface area contributed by atoms with Gasteiger partial charge in [-0.1, -0.05) is 6.58 Å². The van der Waals surface area contributed by atoms with Gasteiger partial charge in [0.05, 0.1) is 10.5 Å². The Bertz CT molecular complexity index is 873. The summed E-state index contributed by atoms with van der Waals surface area (Å²) < 4.78 is 93.2. The first-order valence-electron chi connectivity index (χ1n) is 6.11. The van der Waals surface area contributed by atoms with Crippen LogP contribution in [0.3, 0.4) is 0 Å². The van der Waals surface area contributed by atoms with Crippen molar-refractivity contribution in [3.8, 4) is 0 Å². The van der Waals surface area contributed by atoms with Gasteiger partial charge < -0.3 is 0 Å². The molecule has 0 aromatic heterocycles. The molecule has 2 rings (SSSR count). The second-order valence-corrected chi connectivity index (χ2v) is 6.58. The molecule has 0 radical (unpaired) electrons. The van der Waals surface area contributed by atoms with Gasteiger partial charge in [0.25, 0.3) is 0 Å². The van der Waals surface area contributed by atoms with E-state index in [1.165, 1.54) is 0 Å². The third-order valence-corrected chi connectivity index (χ3v) is 4.83. The van der Waals surface area contributed by atoms with Gasteiger partial charge in [0.15, 0.2) is 23.3 Å². The van der Waals surface area contributed by atoms with E-state index in [1.807, 2.05) is 0 Å². The van der Waals surface area contributed by atoms with Crippen LogP contribution in [0.1, 0.15) is 12.5 Å². The molecule has 0 heterocycles. The fraction of sp³-hybridized carbons (Fsp3) is 0.0667. The topological polar surface area (TPSA) is 34.1 Å². The molecule has 2 aromatic rings. The van der Waals surface area contributed by atoms with Crippen LogP contribution < -0.4 is 0 Å². The van der Waals surface area contributed by atoms with Crippen molar-refractivity contribution in [1.82, 2.24) is 0 Å². The molecule has 0 aliphatic rings. The van der Waals surface area contributed by atoms with Crippen LogP contribution >= 0.6 is 0 Å². The minimum absolute atomic E-state index is 0.316. The highest BCUT2D eigenvalue weighted by molar-refractivity contribution is 7.91. The van der Waals surface area contributed by atoms with Gasteiger partial charge in [-0.25, -0.2) is 30.4 Å². The summed E-state index contributed by atoms with van der Waals surface area (Å²) >= 11 is 0. The summed E-state index contributed by atoms with van der Waals surface area (Å²) in [7, 11) is -4.93. The zero-order chi connectivity index (χ0) is 17.5. The lowest BCUT2D eigenvalue weighted by molar-refractivity contribution is 0.416. The van der Waals surface area contributed by atoms with Crippen LogP contribution in [0.5, 0.6) is 0 Å². The molecule has 0 atom stereocenters. The quantitative estimate of drug-likeness (QED) is 0.472. The lowest BCUT2D eigenvalue weighted by atomic mass is 10.1. The zero-order valence-electron chi connectivity index (χ0n) is 11.6. The summed E-state index contributed by atoms with van der Waals surface area (Å²) in [5.74, 6) is -8.65. The fourth-order valence-corrected chi connectivity index (χ4v) is 3.33. The molecule has 0 amide bonds. The monoisotopic (exact) mass is 348 g/mol. The zero-order valence-corrected chi connectivity index (χ0v) is 12.4. The Morgan fingerprint density at radius 1 is 0.870 bits per heavy atom. The maximum Gasteiger partial charge on any atom is 0.212 e. The number of benzene rings is 2. The van der Waals surface area contributed by atoms with Crippen LogP contribution in [0.25, 0.3) is 5.57 Å². The van der Waals surface area contributed by atoms with Crippen LogP contribution in [-0.4, -0.2) is 8.42 Å². The average molecular weight is 348 g/mol. The Morgan fingerprint density at radius 3 is 1.70 bits per heavy atom. The molecule has 23 heavy (non-hydrogen) atoms. The third-order valence-electron chi connectivity index (χ3n) is 3.04. The molecule has 0 aliphatic heterocycles. The molecule has 0 unspecified atom stereocenters. The van der Waals surface area contributed by atoms with Gasteiger partial charge in [0, 0.05) is 0 Å². The van der Waals surface area contributed by atoms with E-state index in [1.54, 1.807) is 0 Å². The Morgan fingerprint density at radius 2 is 1.30 bits per heavy atom. The highest BCUT2D eigenvalue weighted by atomic mass is 32.2. The van der Waals surface area contributed by atoms with Crippen LogP contribution in [0.2, 0.25) is 0 Å². The molecule has 0 saturated carbocycles. The molecule has 2 nitrogen and oxygen atoms in total. The van der Waals surface area contributed by atoms with Gasteiger partial charge in [-0.3, -0.25) is 0 Å². The van der Waals surface area contributed by atoms with Crippen molar-refractivity contribution in [2.45, 2.75) is 16.7 Å². The van der Waals surface area contributed by atoms with Crippen LogP contribution in [-0.2, 0) is 9.84 Å². The second kappa shape index (κ2) is 5.77. The Balaban J connectivity index is 2.83. The number of allylic oxidation sites excluding steroid dienone is 1. The highest BCUT2D eigenvalue weighted by Crippen LogP contribution is 2.33. The number of sulfone groups is 1. The van der Waals surface area contributed by atoms with Gasteiger partial charge in [-0.05, 0) is 36.8 Å². The maximum atomic E-state index is 14.0. The molecule has 0 aliphatic carbocycles. The normalized spacial score (nSPS) is 11.6. The van der Waals surface area contributed by atoms with Gasteiger partial charge in [-0.2, -0.15) is 0 Å². The van der Waals surface area contributed by atoms with Gasteiger partial charge >= 0.3 is 0 Å². The first-order valence-corrected chi connectivity index (χ1v) is 7.59. The Kier molecular flexibility index (Phi) is 4.30. The lowest BCUT2D eigenvalue weighted by Gasteiger charge is -2.12. The largest absolute Gasteiger partial charge is 0.218 e. The first kappa shape index (κ1) is 17.1. The number of hydrogen-bond donors (Lipinski definition) is 0. The molecule has 0 N–H and O–H groups in total. The van der Waals surface area contributed by atoms with Crippen molar-refractivity contribution in [3.63, 3.8) is 0 Å². The summed E-state index contributed by atoms with van der Waals surface area (Å²) in [6.45, 7) is 4.29. The molecule has 0 saturated heterocycles. The molecule has 2 aromatic carbocycles. The molecule has 0 fully saturated rings. The molecule has 8 heteroatoms. The van der Waals surface area contributed by atoms with Crippen molar-refractivity contribution < 1.29 is 30.4 Å². The number of hydrogen-bond acceptors (Lipinski definition) is 2. The van der Waals surface area contributed by atoms with Crippen molar-refractivity contribution >= 4 is 15.4 Å². The fourth-order valence-electron chi connectivity index (χ4n) is 1.95. The third kappa shape index (κ3) is 2.74. The molecule has 0 spiro atoms. The molecule has 122 valence electrons. The average Bonchev–Trinajstić information content (AvgIpc) is 2.45. The SMILES string of the molecule is C=C(C)c1c(F)c(F)c(S(=O)(=O)c2ccc(F)cc2)c(F)c1F. The lowest BCUT2D eigenvalue weighted by Crippen LogP contribution is -2.13. The molecular formula is C15H9F5O2S. The van der Waals surface area contributed by atoms with Crippen molar-refractivity contribution in [3.05, 3.63) is 65.5 Å². The minimum Gasteiger partial charge on any atom is -0.218 e. The highest BCUT2D eigenvalue weighted by Gasteiger charge is 2.34. The molecule has 0 bridgehead atoms. The van der Waals surface area contributed by atoms with Crippen molar-refractivity contribution in [2.24, 2.45) is 0 Å². The smallest absolute Gasteiger partial charge is 0.212 e. The summed E-state index contributed by atoms with van der Waals surface area (Å²) in [6, 6.07) is 2.92. The van der Waals surface area contributed by atoms with Crippen LogP contribution in [0.4, 0.5) is 22.0 Å². The number of halogens is 5. The predicted molar refractivity (Wildman–Crippen MR) is 72.8 cm³/mol. The standard InChI is InChI=1S/C15H9F5O2S/c1-7(2)10-11(17)13(19)15(14(20)12(10)18)23(21,22)9-5-3-8(16)4-6-9/h3-6H,1H2,2H3. The van der Waals surface area contributed by atoms with Gasteiger partial charge in [0.2, 0.25) is 9.84 Å². The van der Waals surface area contributed by atoms with Crippen LogP contribution in [0, 0.1) is 29.1 Å². The maximum absolute atomic E-state index is 14.0. The summed E-state index contributed by atoms with van der Waals surface area (Å²) in [5, 5.41) is 0. The first-order chi connectivity index (χ1) is 10.6. The van der Waals surface area contributed by atoms with Crippen molar-refractivity contribution in [2.75, 3.05) is 0 Å². The summed E-state index contributed by atoms with van der Waals surface area (Å²) in [4.78, 5) is -2.48. The van der Waals surface area contributed by atoms with Crippen LogP contribution in [0.15, 0.2) is 40.6 Å². The second-order valence-electron chi connectivity index (χ2n) is 4.70. The number of rotatable bonds is 3. The summed E-state index contributed by atoms with van der Waals surface area (Å²) in [5.41, 5.74) is -1.39.